The molecule has 3 aromatic rings. The fourth-order valence-electron chi connectivity index (χ4n) is 4.33. The van der Waals surface area contributed by atoms with E-state index in [1.165, 1.54) is 24.3 Å². The summed E-state index contributed by atoms with van der Waals surface area (Å²) in [6.07, 6.45) is -2.96. The molecule has 0 fully saturated rings. The molecule has 1 unspecified atom stereocenters. The van der Waals surface area contributed by atoms with Gasteiger partial charge in [-0.3, -0.25) is 4.98 Å². The maximum atomic E-state index is 13.6. The molecule has 174 valence electrons. The first-order valence-electron chi connectivity index (χ1n) is 10.9. The van der Waals surface area contributed by atoms with Gasteiger partial charge in [0.05, 0.1) is 17.4 Å². The highest BCUT2D eigenvalue weighted by Gasteiger charge is 2.31. The monoisotopic (exact) mass is 459 g/mol. The fourth-order valence-corrected chi connectivity index (χ4v) is 4.33. The molecular formula is C26H25F4NO2. The summed E-state index contributed by atoms with van der Waals surface area (Å²) in [7, 11) is 0. The van der Waals surface area contributed by atoms with Crippen LogP contribution in [0, 0.1) is 5.82 Å². The molecule has 0 aliphatic heterocycles. The topological polar surface area (TPSA) is 42.4 Å². The Bertz CT molecular complexity index is 1120. The third kappa shape index (κ3) is 4.88. The lowest BCUT2D eigenvalue weighted by Crippen LogP contribution is -2.18. The van der Waals surface area contributed by atoms with E-state index in [2.05, 4.69) is 0 Å². The molecule has 4 rings (SSSR count). The lowest BCUT2D eigenvalue weighted by atomic mass is 9.83. The van der Waals surface area contributed by atoms with Gasteiger partial charge in [-0.1, -0.05) is 26.0 Å². The smallest absolute Gasteiger partial charge is 0.416 e. The highest BCUT2D eigenvalue weighted by atomic mass is 19.4. The molecule has 0 radical (unpaired) electrons. The molecule has 0 amide bonds. The second kappa shape index (κ2) is 9.14. The first-order valence-corrected chi connectivity index (χ1v) is 10.9. The Balaban J connectivity index is 1.80. The molecule has 2 aromatic carbocycles. The van der Waals surface area contributed by atoms with Crippen LogP contribution in [0.4, 0.5) is 17.6 Å². The number of pyridine rings is 1. The zero-order valence-corrected chi connectivity index (χ0v) is 18.4. The number of aliphatic hydroxyl groups is 1. The molecule has 1 aliphatic carbocycles. The summed E-state index contributed by atoms with van der Waals surface area (Å²) in [6.45, 7) is 4.06. The Morgan fingerprint density at radius 3 is 2.33 bits per heavy atom. The van der Waals surface area contributed by atoms with Crippen LogP contribution in [0.25, 0.3) is 11.1 Å². The minimum atomic E-state index is -4.42. The number of ether oxygens (including phenoxy) is 1. The van der Waals surface area contributed by atoms with Gasteiger partial charge in [0.2, 0.25) is 0 Å². The summed E-state index contributed by atoms with van der Waals surface area (Å²) in [4.78, 5) is 4.86. The van der Waals surface area contributed by atoms with Gasteiger partial charge in [0, 0.05) is 16.8 Å². The quantitative estimate of drug-likeness (QED) is 0.419. The van der Waals surface area contributed by atoms with Crippen LogP contribution >= 0.6 is 0 Å². The maximum Gasteiger partial charge on any atom is 0.416 e. The van der Waals surface area contributed by atoms with Crippen molar-refractivity contribution in [2.24, 2.45) is 0 Å². The van der Waals surface area contributed by atoms with Gasteiger partial charge in [0.15, 0.2) is 0 Å². The van der Waals surface area contributed by atoms with E-state index in [9.17, 15) is 22.7 Å². The van der Waals surface area contributed by atoms with Crippen molar-refractivity contribution in [3.63, 3.8) is 0 Å². The molecule has 1 atom stereocenters. The van der Waals surface area contributed by atoms with Crippen molar-refractivity contribution in [3.05, 3.63) is 82.4 Å². The van der Waals surface area contributed by atoms with E-state index in [0.717, 1.165) is 58.6 Å². The van der Waals surface area contributed by atoms with Crippen molar-refractivity contribution in [2.45, 2.75) is 57.9 Å². The Labute approximate surface area is 190 Å². The SMILES string of the molecule is CC(C)c1nc2c(c(-c3ccc(F)cc3)c1COc1ccc(C(F)(F)F)cc1)C(O)CCC2. The number of aromatic nitrogens is 1. The number of rotatable bonds is 5. The van der Waals surface area contributed by atoms with Crippen LogP contribution in [0.5, 0.6) is 5.75 Å². The van der Waals surface area contributed by atoms with Crippen LogP contribution in [0.1, 0.15) is 66.8 Å². The molecule has 1 N–H and O–H groups in total. The van der Waals surface area contributed by atoms with E-state index in [4.69, 9.17) is 9.72 Å². The van der Waals surface area contributed by atoms with Crippen molar-refractivity contribution < 1.29 is 27.4 Å². The van der Waals surface area contributed by atoms with Crippen molar-refractivity contribution in [2.75, 3.05) is 0 Å². The van der Waals surface area contributed by atoms with Crippen LogP contribution < -0.4 is 4.74 Å². The van der Waals surface area contributed by atoms with E-state index in [-0.39, 0.29) is 18.3 Å². The molecule has 0 bridgehead atoms. The number of alkyl halides is 3. The van der Waals surface area contributed by atoms with E-state index < -0.39 is 17.8 Å². The molecule has 0 saturated heterocycles. The number of hydrogen-bond donors (Lipinski definition) is 1. The van der Waals surface area contributed by atoms with Crippen LogP contribution in [0.3, 0.4) is 0 Å². The number of halogens is 4. The minimum absolute atomic E-state index is 0.0415. The summed E-state index contributed by atoms with van der Waals surface area (Å²) in [5.41, 5.74) is 3.86. The first kappa shape index (κ1) is 23.2. The number of aryl methyl sites for hydroxylation is 1. The van der Waals surface area contributed by atoms with Gasteiger partial charge in [-0.05, 0) is 72.7 Å². The summed E-state index contributed by atoms with van der Waals surface area (Å²) in [5.74, 6) is -0.0327. The van der Waals surface area contributed by atoms with Crippen molar-refractivity contribution >= 4 is 0 Å². The molecule has 1 aromatic heterocycles. The predicted octanol–water partition coefficient (Wildman–Crippen LogP) is 6.98. The summed E-state index contributed by atoms with van der Waals surface area (Å²) >= 11 is 0. The van der Waals surface area contributed by atoms with Gasteiger partial charge in [0.25, 0.3) is 0 Å². The Kier molecular flexibility index (Phi) is 6.43. The van der Waals surface area contributed by atoms with Gasteiger partial charge in [-0.2, -0.15) is 13.2 Å². The number of nitrogens with zero attached hydrogens (tertiary/aromatic N) is 1. The third-order valence-electron chi connectivity index (χ3n) is 5.92. The highest BCUT2D eigenvalue weighted by molar-refractivity contribution is 5.74. The van der Waals surface area contributed by atoms with Crippen molar-refractivity contribution in [1.82, 2.24) is 4.98 Å². The van der Waals surface area contributed by atoms with Crippen molar-refractivity contribution in [1.29, 1.82) is 0 Å². The van der Waals surface area contributed by atoms with Gasteiger partial charge < -0.3 is 9.84 Å². The zero-order chi connectivity index (χ0) is 23.8. The fraction of sp³-hybridized carbons (Fsp3) is 0.346. The first-order chi connectivity index (χ1) is 15.6. The van der Waals surface area contributed by atoms with Gasteiger partial charge in [0.1, 0.15) is 18.2 Å². The van der Waals surface area contributed by atoms with Gasteiger partial charge >= 0.3 is 6.18 Å². The minimum Gasteiger partial charge on any atom is -0.489 e. The number of hydrogen-bond acceptors (Lipinski definition) is 3. The number of aliphatic hydroxyl groups excluding tert-OH is 1. The molecule has 1 heterocycles. The summed E-state index contributed by atoms with van der Waals surface area (Å²) < 4.78 is 58.2. The standard InChI is InChI=1S/C26H25F4NO2/c1-15(2)25-20(14-33-19-12-8-17(9-13-19)26(28,29)30)23(16-6-10-18(27)11-7-16)24-21(31-25)4-3-5-22(24)32/h6-13,15,22,32H,3-5,14H2,1-2H3. The number of benzene rings is 2. The summed E-state index contributed by atoms with van der Waals surface area (Å²) in [5, 5.41) is 10.8. The highest BCUT2D eigenvalue weighted by Crippen LogP contribution is 2.42. The lowest BCUT2D eigenvalue weighted by Gasteiger charge is -2.28. The van der Waals surface area contributed by atoms with E-state index in [1.807, 2.05) is 13.8 Å². The van der Waals surface area contributed by atoms with Gasteiger partial charge in [-0.25, -0.2) is 4.39 Å². The normalized spacial score (nSPS) is 16.1. The van der Waals surface area contributed by atoms with Crippen LogP contribution in [0.15, 0.2) is 48.5 Å². The number of fused-ring (bicyclic) bond motifs is 1. The molecule has 33 heavy (non-hydrogen) atoms. The molecule has 7 heteroatoms. The largest absolute Gasteiger partial charge is 0.489 e. The second-order valence-corrected chi connectivity index (χ2v) is 8.59. The summed E-state index contributed by atoms with van der Waals surface area (Å²) in [6, 6.07) is 10.6. The van der Waals surface area contributed by atoms with E-state index >= 15 is 0 Å². The van der Waals surface area contributed by atoms with Crippen LogP contribution in [0.2, 0.25) is 0 Å². The van der Waals surface area contributed by atoms with Crippen LogP contribution in [-0.2, 0) is 19.2 Å². The Hall–Kier alpha value is -2.93. The average molecular weight is 459 g/mol. The second-order valence-electron chi connectivity index (χ2n) is 8.59. The van der Waals surface area contributed by atoms with Gasteiger partial charge in [-0.15, -0.1) is 0 Å². The average Bonchev–Trinajstić information content (AvgIpc) is 2.77. The van der Waals surface area contributed by atoms with Crippen molar-refractivity contribution in [3.8, 4) is 16.9 Å². The molecule has 0 saturated carbocycles. The van der Waals surface area contributed by atoms with E-state index in [1.54, 1.807) is 12.1 Å². The molecule has 0 spiro atoms. The van der Waals surface area contributed by atoms with Crippen LogP contribution in [-0.4, -0.2) is 10.1 Å². The molecule has 3 nitrogen and oxygen atoms in total. The molecule has 1 aliphatic rings. The Morgan fingerprint density at radius 2 is 1.73 bits per heavy atom. The predicted molar refractivity (Wildman–Crippen MR) is 117 cm³/mol. The van der Waals surface area contributed by atoms with E-state index in [0.29, 0.717) is 12.2 Å². The zero-order valence-electron chi connectivity index (χ0n) is 18.4. The lowest BCUT2D eigenvalue weighted by molar-refractivity contribution is -0.137. The molecular weight excluding hydrogens is 434 g/mol. The third-order valence-corrected chi connectivity index (χ3v) is 5.92. The maximum absolute atomic E-state index is 13.6. The Morgan fingerprint density at radius 1 is 1.06 bits per heavy atom.